The van der Waals surface area contributed by atoms with Crippen LogP contribution in [0.2, 0.25) is 0 Å². The van der Waals surface area contributed by atoms with Crippen LogP contribution in [0.1, 0.15) is 21.8 Å². The van der Waals surface area contributed by atoms with Crippen LogP contribution < -0.4 is 10.0 Å². The standard InChI is InChI=1S/C21H19N3O5S/c1-12-19(13(2)29-23-12)16-7-8-18(20-17(16)9-10-28-20)21(25)22-14-5-4-6-15(11-14)24-30(3,26)27/h4-11,24H,1-3H3,(H,22,25). The van der Waals surface area contributed by atoms with Gasteiger partial charge in [-0.3, -0.25) is 9.52 Å². The molecule has 1 amide bonds. The number of benzene rings is 2. The second-order valence-corrected chi connectivity index (χ2v) is 8.68. The Bertz CT molecular complexity index is 1350. The predicted molar refractivity (Wildman–Crippen MR) is 114 cm³/mol. The van der Waals surface area contributed by atoms with Crippen molar-refractivity contribution in [2.45, 2.75) is 13.8 Å². The second-order valence-electron chi connectivity index (χ2n) is 6.93. The molecule has 4 rings (SSSR count). The average Bonchev–Trinajstić information content (AvgIpc) is 3.27. The summed E-state index contributed by atoms with van der Waals surface area (Å²) in [5, 5.41) is 7.54. The Morgan fingerprint density at radius 1 is 1.07 bits per heavy atom. The highest BCUT2D eigenvalue weighted by Gasteiger charge is 2.20. The van der Waals surface area contributed by atoms with Crippen LogP contribution in [-0.2, 0) is 10.0 Å². The van der Waals surface area contributed by atoms with Crippen LogP contribution in [0.15, 0.2) is 57.7 Å². The molecule has 0 aliphatic heterocycles. The van der Waals surface area contributed by atoms with Gasteiger partial charge in [-0.2, -0.15) is 0 Å². The van der Waals surface area contributed by atoms with Crippen LogP contribution in [0.5, 0.6) is 0 Å². The van der Waals surface area contributed by atoms with Gasteiger partial charge in [-0.1, -0.05) is 17.3 Å². The summed E-state index contributed by atoms with van der Waals surface area (Å²) in [6, 6.07) is 11.8. The molecule has 2 aromatic heterocycles. The Kier molecular flexibility index (Phi) is 4.83. The molecule has 0 fully saturated rings. The van der Waals surface area contributed by atoms with Gasteiger partial charge in [0, 0.05) is 16.6 Å². The molecule has 2 N–H and O–H groups in total. The highest BCUT2D eigenvalue weighted by molar-refractivity contribution is 7.92. The molecule has 9 heteroatoms. The molecule has 2 heterocycles. The number of nitrogens with zero attached hydrogens (tertiary/aromatic N) is 1. The van der Waals surface area contributed by atoms with E-state index in [-0.39, 0.29) is 5.91 Å². The van der Waals surface area contributed by atoms with Crippen LogP contribution in [0.4, 0.5) is 11.4 Å². The van der Waals surface area contributed by atoms with E-state index in [0.717, 1.165) is 28.5 Å². The minimum absolute atomic E-state index is 0.354. The Balaban J connectivity index is 1.68. The Morgan fingerprint density at radius 2 is 1.83 bits per heavy atom. The number of hydrogen-bond donors (Lipinski definition) is 2. The van der Waals surface area contributed by atoms with E-state index in [9.17, 15) is 13.2 Å². The van der Waals surface area contributed by atoms with Crippen LogP contribution in [0, 0.1) is 13.8 Å². The fourth-order valence-corrected chi connectivity index (χ4v) is 3.95. The molecule has 4 aromatic rings. The lowest BCUT2D eigenvalue weighted by molar-refractivity contribution is 0.102. The number of anilines is 2. The molecule has 0 unspecified atom stereocenters. The molecule has 0 aliphatic carbocycles. The fourth-order valence-electron chi connectivity index (χ4n) is 3.40. The Morgan fingerprint density at radius 3 is 2.53 bits per heavy atom. The molecular weight excluding hydrogens is 406 g/mol. The van der Waals surface area contributed by atoms with E-state index in [1.807, 2.05) is 19.9 Å². The fraction of sp³-hybridized carbons (Fsp3) is 0.143. The minimum atomic E-state index is -3.42. The molecule has 154 valence electrons. The summed E-state index contributed by atoms with van der Waals surface area (Å²) in [4.78, 5) is 12.9. The summed E-state index contributed by atoms with van der Waals surface area (Å²) in [6.07, 6.45) is 2.59. The smallest absolute Gasteiger partial charge is 0.259 e. The zero-order chi connectivity index (χ0) is 21.5. The van der Waals surface area contributed by atoms with E-state index < -0.39 is 10.0 Å². The van der Waals surface area contributed by atoms with Crippen molar-refractivity contribution in [3.8, 4) is 11.1 Å². The molecule has 0 aliphatic rings. The number of hydrogen-bond acceptors (Lipinski definition) is 6. The molecule has 0 radical (unpaired) electrons. The highest BCUT2D eigenvalue weighted by atomic mass is 32.2. The molecule has 2 aromatic carbocycles. The van der Waals surface area contributed by atoms with Gasteiger partial charge in [0.1, 0.15) is 11.3 Å². The van der Waals surface area contributed by atoms with Gasteiger partial charge >= 0.3 is 0 Å². The van der Waals surface area contributed by atoms with Crippen molar-refractivity contribution in [3.63, 3.8) is 0 Å². The first kappa shape index (κ1) is 19.7. The number of aromatic nitrogens is 1. The van der Waals surface area contributed by atoms with E-state index in [2.05, 4.69) is 15.2 Å². The maximum Gasteiger partial charge on any atom is 0.259 e. The summed E-state index contributed by atoms with van der Waals surface area (Å²) >= 11 is 0. The van der Waals surface area contributed by atoms with E-state index >= 15 is 0 Å². The van der Waals surface area contributed by atoms with Gasteiger partial charge < -0.3 is 14.3 Å². The summed E-state index contributed by atoms with van der Waals surface area (Å²) < 4.78 is 36.1. The molecule has 0 saturated carbocycles. The quantitative estimate of drug-likeness (QED) is 0.492. The van der Waals surface area contributed by atoms with Gasteiger partial charge in [0.05, 0.1) is 29.5 Å². The van der Waals surface area contributed by atoms with E-state index in [0.29, 0.717) is 28.3 Å². The number of rotatable bonds is 5. The van der Waals surface area contributed by atoms with Gasteiger partial charge in [0.25, 0.3) is 5.91 Å². The van der Waals surface area contributed by atoms with E-state index in [1.54, 1.807) is 30.3 Å². The van der Waals surface area contributed by atoms with Crippen molar-refractivity contribution in [3.05, 3.63) is 65.7 Å². The third-order valence-electron chi connectivity index (χ3n) is 4.59. The molecule has 0 atom stereocenters. The minimum Gasteiger partial charge on any atom is -0.463 e. The van der Waals surface area contributed by atoms with Crippen molar-refractivity contribution in [2.75, 3.05) is 16.3 Å². The third-order valence-corrected chi connectivity index (χ3v) is 5.19. The second kappa shape index (κ2) is 7.34. The number of aryl methyl sites for hydroxylation is 2. The van der Waals surface area contributed by atoms with Gasteiger partial charge in [-0.05, 0) is 49.7 Å². The largest absolute Gasteiger partial charge is 0.463 e. The van der Waals surface area contributed by atoms with Crippen molar-refractivity contribution in [1.82, 2.24) is 5.16 Å². The summed E-state index contributed by atoms with van der Waals surface area (Å²) in [6.45, 7) is 3.69. The molecule has 30 heavy (non-hydrogen) atoms. The highest BCUT2D eigenvalue weighted by Crippen LogP contribution is 2.35. The summed E-state index contributed by atoms with van der Waals surface area (Å²) in [5.41, 5.74) is 4.08. The summed E-state index contributed by atoms with van der Waals surface area (Å²) in [7, 11) is -3.42. The molecule has 0 spiro atoms. The van der Waals surface area contributed by atoms with Crippen LogP contribution in [0.3, 0.4) is 0 Å². The van der Waals surface area contributed by atoms with E-state index in [1.165, 1.54) is 12.3 Å². The lowest BCUT2D eigenvalue weighted by atomic mass is 9.98. The lowest BCUT2D eigenvalue weighted by Gasteiger charge is -2.10. The summed E-state index contributed by atoms with van der Waals surface area (Å²) in [5.74, 6) is 0.305. The molecule has 0 saturated heterocycles. The van der Waals surface area contributed by atoms with Crippen molar-refractivity contribution < 1.29 is 22.2 Å². The van der Waals surface area contributed by atoms with Crippen LogP contribution >= 0.6 is 0 Å². The van der Waals surface area contributed by atoms with Gasteiger partial charge in [-0.25, -0.2) is 8.42 Å². The zero-order valence-electron chi connectivity index (χ0n) is 16.5. The van der Waals surface area contributed by atoms with E-state index in [4.69, 9.17) is 8.94 Å². The maximum atomic E-state index is 12.9. The Labute approximate surface area is 172 Å². The Hall–Kier alpha value is -3.59. The molecular formula is C21H19N3O5S. The normalized spacial score (nSPS) is 11.6. The predicted octanol–water partition coefficient (Wildman–Crippen LogP) is 4.33. The number of sulfonamides is 1. The number of amides is 1. The van der Waals surface area contributed by atoms with Crippen molar-refractivity contribution >= 4 is 38.3 Å². The number of nitrogens with one attached hydrogen (secondary N) is 2. The molecule has 8 nitrogen and oxygen atoms in total. The van der Waals surface area contributed by atoms with Crippen molar-refractivity contribution in [1.29, 1.82) is 0 Å². The maximum absolute atomic E-state index is 12.9. The van der Waals surface area contributed by atoms with Crippen LogP contribution in [-0.4, -0.2) is 25.7 Å². The molecule has 0 bridgehead atoms. The average molecular weight is 425 g/mol. The van der Waals surface area contributed by atoms with Gasteiger partial charge in [-0.15, -0.1) is 0 Å². The van der Waals surface area contributed by atoms with Crippen molar-refractivity contribution in [2.24, 2.45) is 0 Å². The zero-order valence-corrected chi connectivity index (χ0v) is 17.3. The number of fused-ring (bicyclic) bond motifs is 1. The first-order valence-corrected chi connectivity index (χ1v) is 10.9. The topological polar surface area (TPSA) is 114 Å². The number of carbonyl (C=O) groups excluding carboxylic acids is 1. The van der Waals surface area contributed by atoms with Gasteiger partial charge in [0.15, 0.2) is 0 Å². The first-order valence-electron chi connectivity index (χ1n) is 9.05. The number of carbonyl (C=O) groups is 1. The van der Waals surface area contributed by atoms with Gasteiger partial charge in [0.2, 0.25) is 10.0 Å². The third kappa shape index (κ3) is 3.79. The SMILES string of the molecule is Cc1noc(C)c1-c1ccc(C(=O)Nc2cccc(NS(C)(=O)=O)c2)c2occc12. The number of furan rings is 1. The van der Waals surface area contributed by atoms with Crippen LogP contribution in [0.25, 0.3) is 22.1 Å². The lowest BCUT2D eigenvalue weighted by Crippen LogP contribution is -2.13. The monoisotopic (exact) mass is 425 g/mol. The first-order chi connectivity index (χ1) is 14.2.